The van der Waals surface area contributed by atoms with Crippen molar-refractivity contribution in [1.82, 2.24) is 14.7 Å². The van der Waals surface area contributed by atoms with E-state index in [2.05, 4.69) is 0 Å². The summed E-state index contributed by atoms with van der Waals surface area (Å²) in [5.74, 6) is -0.844. The summed E-state index contributed by atoms with van der Waals surface area (Å²) in [6, 6.07) is -0.918. The van der Waals surface area contributed by atoms with Gasteiger partial charge in [-0.3, -0.25) is 9.69 Å². The third-order valence-electron chi connectivity index (χ3n) is 4.17. The fraction of sp³-hybridized carbons (Fsp3) is 0.846. The van der Waals surface area contributed by atoms with Gasteiger partial charge in [0.2, 0.25) is 0 Å². The van der Waals surface area contributed by atoms with Crippen LogP contribution < -0.4 is 0 Å². The van der Waals surface area contributed by atoms with Crippen molar-refractivity contribution >= 4 is 12.0 Å². The Labute approximate surface area is 123 Å². The van der Waals surface area contributed by atoms with Gasteiger partial charge in [0.25, 0.3) is 0 Å². The zero-order chi connectivity index (χ0) is 15.4. The lowest BCUT2D eigenvalue weighted by molar-refractivity contribution is -0.143. The van der Waals surface area contributed by atoms with Gasteiger partial charge < -0.3 is 24.7 Å². The van der Waals surface area contributed by atoms with Crippen LogP contribution in [0.1, 0.15) is 6.92 Å². The van der Waals surface area contributed by atoms with E-state index in [1.807, 2.05) is 4.90 Å². The quantitative estimate of drug-likeness (QED) is 0.686. The van der Waals surface area contributed by atoms with Gasteiger partial charge in [-0.2, -0.15) is 0 Å². The maximum absolute atomic E-state index is 12.5. The minimum absolute atomic E-state index is 0.0972. The lowest BCUT2D eigenvalue weighted by Crippen LogP contribution is -2.59. The fourth-order valence-corrected chi connectivity index (χ4v) is 2.70. The highest BCUT2D eigenvalue weighted by atomic mass is 16.5. The highest BCUT2D eigenvalue weighted by molar-refractivity contribution is 5.75. The fourth-order valence-electron chi connectivity index (χ4n) is 2.70. The summed E-state index contributed by atoms with van der Waals surface area (Å²) in [6.45, 7) is 4.98. The van der Waals surface area contributed by atoms with Crippen LogP contribution in [0, 0.1) is 0 Å². The van der Waals surface area contributed by atoms with E-state index in [0.717, 1.165) is 0 Å². The van der Waals surface area contributed by atoms with Gasteiger partial charge in [0.05, 0.1) is 25.9 Å². The van der Waals surface area contributed by atoms with Crippen LogP contribution in [0.25, 0.3) is 0 Å². The first kappa shape index (κ1) is 16.0. The molecule has 0 aliphatic carbocycles. The monoisotopic (exact) mass is 301 g/mol. The summed E-state index contributed by atoms with van der Waals surface area (Å²) in [5, 5.41) is 18.3. The largest absolute Gasteiger partial charge is 0.480 e. The molecular weight excluding hydrogens is 278 g/mol. The Hall–Kier alpha value is -1.38. The van der Waals surface area contributed by atoms with E-state index < -0.39 is 12.0 Å². The molecular formula is C13H23N3O5. The van der Waals surface area contributed by atoms with E-state index in [4.69, 9.17) is 9.84 Å². The Morgan fingerprint density at radius 3 is 2.48 bits per heavy atom. The molecule has 21 heavy (non-hydrogen) atoms. The standard InChI is InChI=1S/C13H23N3O5/c1-10(12(18)19)14-2-4-15(5-3-14)13(20)16-6-7-21-9-11(16)8-17/h10-11,17H,2-9H2,1H3,(H,18,19). The number of morpholine rings is 1. The number of carboxylic acid groups (broad SMARTS) is 1. The van der Waals surface area contributed by atoms with E-state index in [9.17, 15) is 14.7 Å². The van der Waals surface area contributed by atoms with Crippen LogP contribution >= 0.6 is 0 Å². The van der Waals surface area contributed by atoms with Crippen LogP contribution in [0.4, 0.5) is 4.79 Å². The van der Waals surface area contributed by atoms with E-state index in [-0.39, 0.29) is 18.7 Å². The maximum atomic E-state index is 12.5. The first-order chi connectivity index (χ1) is 10.0. The minimum atomic E-state index is -0.844. The number of hydrogen-bond acceptors (Lipinski definition) is 5. The number of nitrogens with zero attached hydrogens (tertiary/aromatic N) is 3. The zero-order valence-electron chi connectivity index (χ0n) is 12.3. The normalized spacial score (nSPS) is 25.7. The summed E-state index contributed by atoms with van der Waals surface area (Å²) in [4.78, 5) is 28.7. The topological polar surface area (TPSA) is 93.6 Å². The van der Waals surface area contributed by atoms with Crippen molar-refractivity contribution in [2.75, 3.05) is 52.5 Å². The minimum Gasteiger partial charge on any atom is -0.480 e. The van der Waals surface area contributed by atoms with Gasteiger partial charge in [-0.05, 0) is 6.92 Å². The molecule has 0 aromatic rings. The highest BCUT2D eigenvalue weighted by Crippen LogP contribution is 2.13. The van der Waals surface area contributed by atoms with Crippen molar-refractivity contribution in [1.29, 1.82) is 0 Å². The molecule has 0 bridgehead atoms. The number of urea groups is 1. The summed E-state index contributed by atoms with van der Waals surface area (Å²) in [7, 11) is 0. The first-order valence-electron chi connectivity index (χ1n) is 7.25. The molecule has 120 valence electrons. The van der Waals surface area contributed by atoms with Crippen molar-refractivity contribution in [2.24, 2.45) is 0 Å². The Bertz CT molecular complexity index is 384. The second kappa shape index (κ2) is 7.06. The summed E-state index contributed by atoms with van der Waals surface area (Å²) in [6.07, 6.45) is 0. The van der Waals surface area contributed by atoms with Crippen LogP contribution in [-0.4, -0.2) is 102 Å². The van der Waals surface area contributed by atoms with Gasteiger partial charge in [0.15, 0.2) is 0 Å². The predicted octanol–water partition coefficient (Wildman–Crippen LogP) is -1.11. The van der Waals surface area contributed by atoms with E-state index in [1.165, 1.54) is 0 Å². The second-order valence-corrected chi connectivity index (χ2v) is 5.42. The van der Waals surface area contributed by atoms with Gasteiger partial charge in [-0.15, -0.1) is 0 Å². The first-order valence-corrected chi connectivity index (χ1v) is 7.25. The lowest BCUT2D eigenvalue weighted by Gasteiger charge is -2.42. The number of piperazine rings is 1. The molecule has 8 heteroatoms. The third-order valence-corrected chi connectivity index (χ3v) is 4.17. The van der Waals surface area contributed by atoms with Crippen molar-refractivity contribution in [3.63, 3.8) is 0 Å². The SMILES string of the molecule is CC(C(=O)O)N1CCN(C(=O)N2CCOCC2CO)CC1. The molecule has 2 unspecified atom stereocenters. The summed E-state index contributed by atoms with van der Waals surface area (Å²) in [5.41, 5.74) is 0. The summed E-state index contributed by atoms with van der Waals surface area (Å²) >= 11 is 0. The van der Waals surface area contributed by atoms with Crippen LogP contribution in [0.2, 0.25) is 0 Å². The van der Waals surface area contributed by atoms with Crippen LogP contribution in [0.5, 0.6) is 0 Å². The van der Waals surface area contributed by atoms with Crippen molar-refractivity contribution < 1.29 is 24.5 Å². The molecule has 0 spiro atoms. The molecule has 2 N–H and O–H groups in total. The number of carbonyl (C=O) groups is 2. The number of rotatable bonds is 3. The molecule has 0 aromatic heterocycles. The molecule has 2 rings (SSSR count). The maximum Gasteiger partial charge on any atom is 0.320 e. The lowest BCUT2D eigenvalue weighted by atomic mass is 10.2. The van der Waals surface area contributed by atoms with E-state index >= 15 is 0 Å². The highest BCUT2D eigenvalue weighted by Gasteiger charge is 2.33. The van der Waals surface area contributed by atoms with Gasteiger partial charge in [0.1, 0.15) is 6.04 Å². The Morgan fingerprint density at radius 1 is 1.24 bits per heavy atom. The molecule has 0 radical (unpaired) electrons. The van der Waals surface area contributed by atoms with Gasteiger partial charge in [-0.25, -0.2) is 4.79 Å². The molecule has 2 aliphatic rings. The molecule has 0 aromatic carbocycles. The zero-order valence-corrected chi connectivity index (χ0v) is 12.3. The molecule has 0 saturated carbocycles. The number of carboxylic acids is 1. The number of aliphatic hydroxyl groups is 1. The van der Waals surface area contributed by atoms with Crippen LogP contribution in [0.15, 0.2) is 0 Å². The van der Waals surface area contributed by atoms with Crippen LogP contribution in [-0.2, 0) is 9.53 Å². The van der Waals surface area contributed by atoms with Crippen molar-refractivity contribution in [3.05, 3.63) is 0 Å². The molecule has 2 atom stereocenters. The average molecular weight is 301 g/mol. The number of carbonyl (C=O) groups excluding carboxylic acids is 1. The molecule has 2 saturated heterocycles. The van der Waals surface area contributed by atoms with Crippen molar-refractivity contribution in [2.45, 2.75) is 19.0 Å². The average Bonchev–Trinajstić information content (AvgIpc) is 2.53. The number of aliphatic hydroxyl groups excluding tert-OH is 1. The Kier molecular flexibility index (Phi) is 5.38. The van der Waals surface area contributed by atoms with Gasteiger partial charge in [0, 0.05) is 32.7 Å². The number of aliphatic carboxylic acids is 1. The van der Waals surface area contributed by atoms with E-state index in [1.54, 1.807) is 16.7 Å². The smallest absolute Gasteiger partial charge is 0.320 e. The molecule has 2 aliphatic heterocycles. The van der Waals surface area contributed by atoms with Crippen molar-refractivity contribution in [3.8, 4) is 0 Å². The molecule has 2 fully saturated rings. The number of amides is 2. The summed E-state index contributed by atoms with van der Waals surface area (Å²) < 4.78 is 5.27. The number of hydrogen-bond donors (Lipinski definition) is 2. The predicted molar refractivity (Wildman–Crippen MR) is 74.0 cm³/mol. The Morgan fingerprint density at radius 2 is 1.90 bits per heavy atom. The molecule has 2 heterocycles. The van der Waals surface area contributed by atoms with Gasteiger partial charge in [-0.1, -0.05) is 0 Å². The van der Waals surface area contributed by atoms with Gasteiger partial charge >= 0.3 is 12.0 Å². The van der Waals surface area contributed by atoms with Crippen LogP contribution in [0.3, 0.4) is 0 Å². The molecule has 8 nitrogen and oxygen atoms in total. The molecule has 2 amide bonds. The second-order valence-electron chi connectivity index (χ2n) is 5.42. The third kappa shape index (κ3) is 3.63. The Balaban J connectivity index is 1.89. The van der Waals surface area contributed by atoms with E-state index in [0.29, 0.717) is 45.9 Å². The number of ether oxygens (including phenoxy) is 1.